The number of hydrogen-bond donors (Lipinski definition) is 1. The van der Waals surface area contributed by atoms with Gasteiger partial charge in [-0.05, 0) is 36.2 Å². The second-order valence-electron chi connectivity index (χ2n) is 4.85. The molecule has 3 rings (SSSR count). The number of para-hydroxylation sites is 1. The van der Waals surface area contributed by atoms with Crippen molar-refractivity contribution in [2.24, 2.45) is 5.73 Å². The van der Waals surface area contributed by atoms with Crippen LogP contribution in [0.4, 0.5) is 4.39 Å². The number of fused-ring (bicyclic) bond motifs is 1. The van der Waals surface area contributed by atoms with Crippen molar-refractivity contribution < 1.29 is 4.39 Å². The van der Waals surface area contributed by atoms with Gasteiger partial charge in [0, 0.05) is 17.8 Å². The summed E-state index contributed by atoms with van der Waals surface area (Å²) in [5, 5.41) is 0.720. The van der Waals surface area contributed by atoms with Crippen LogP contribution in [0.5, 0.6) is 0 Å². The van der Waals surface area contributed by atoms with Crippen LogP contribution in [-0.4, -0.2) is 11.1 Å². The minimum absolute atomic E-state index is 0.113. The number of nitrogens with two attached hydrogens (primary N) is 1. The van der Waals surface area contributed by atoms with Gasteiger partial charge in [-0.1, -0.05) is 30.3 Å². The lowest BCUT2D eigenvalue weighted by Crippen LogP contribution is -2.24. The lowest BCUT2D eigenvalue weighted by atomic mass is 10.1. The van der Waals surface area contributed by atoms with Gasteiger partial charge in [0.2, 0.25) is 0 Å². The SMILES string of the molecule is NCCc1cc2cccc(F)c2c(=O)n1-c1ccccc1. The van der Waals surface area contributed by atoms with E-state index in [0.29, 0.717) is 18.4 Å². The van der Waals surface area contributed by atoms with E-state index in [0.717, 1.165) is 11.4 Å². The third kappa shape index (κ3) is 2.34. The summed E-state index contributed by atoms with van der Waals surface area (Å²) in [4.78, 5) is 12.7. The van der Waals surface area contributed by atoms with Gasteiger partial charge in [-0.2, -0.15) is 0 Å². The first-order valence-electron chi connectivity index (χ1n) is 6.81. The molecule has 0 saturated carbocycles. The quantitative estimate of drug-likeness (QED) is 0.802. The summed E-state index contributed by atoms with van der Waals surface area (Å²) >= 11 is 0. The largest absolute Gasteiger partial charge is 0.330 e. The van der Waals surface area contributed by atoms with E-state index < -0.39 is 5.82 Å². The molecule has 2 aromatic carbocycles. The molecule has 0 aliphatic heterocycles. The molecule has 21 heavy (non-hydrogen) atoms. The maximum Gasteiger partial charge on any atom is 0.266 e. The molecule has 0 amide bonds. The van der Waals surface area contributed by atoms with E-state index in [1.165, 1.54) is 10.6 Å². The Hall–Kier alpha value is -2.46. The minimum Gasteiger partial charge on any atom is -0.330 e. The van der Waals surface area contributed by atoms with E-state index in [-0.39, 0.29) is 10.9 Å². The molecular formula is C17H15FN2O. The third-order valence-corrected chi connectivity index (χ3v) is 3.49. The summed E-state index contributed by atoms with van der Waals surface area (Å²) < 4.78 is 15.6. The molecule has 1 heterocycles. The highest BCUT2D eigenvalue weighted by atomic mass is 19.1. The lowest BCUT2D eigenvalue weighted by molar-refractivity contribution is 0.637. The van der Waals surface area contributed by atoms with E-state index in [2.05, 4.69) is 0 Å². The average Bonchev–Trinajstić information content (AvgIpc) is 2.48. The second-order valence-corrected chi connectivity index (χ2v) is 4.85. The molecular weight excluding hydrogens is 267 g/mol. The van der Waals surface area contributed by atoms with Crippen molar-refractivity contribution in [2.75, 3.05) is 6.54 Å². The molecule has 0 atom stereocenters. The van der Waals surface area contributed by atoms with Gasteiger partial charge in [0.1, 0.15) is 5.82 Å². The van der Waals surface area contributed by atoms with Crippen molar-refractivity contribution in [2.45, 2.75) is 6.42 Å². The topological polar surface area (TPSA) is 48.0 Å². The van der Waals surface area contributed by atoms with Crippen molar-refractivity contribution in [3.05, 3.63) is 76.5 Å². The summed E-state index contributed by atoms with van der Waals surface area (Å²) in [7, 11) is 0. The first-order valence-corrected chi connectivity index (χ1v) is 6.81. The fraction of sp³-hybridized carbons (Fsp3) is 0.118. The molecule has 0 saturated heterocycles. The summed E-state index contributed by atoms with van der Waals surface area (Å²) in [5.74, 6) is -0.499. The third-order valence-electron chi connectivity index (χ3n) is 3.49. The number of benzene rings is 2. The molecule has 0 fully saturated rings. The highest BCUT2D eigenvalue weighted by Gasteiger charge is 2.13. The van der Waals surface area contributed by atoms with Gasteiger partial charge in [-0.25, -0.2) is 4.39 Å². The normalized spacial score (nSPS) is 11.0. The summed E-state index contributed by atoms with van der Waals surface area (Å²) in [6.07, 6.45) is 0.552. The zero-order valence-corrected chi connectivity index (χ0v) is 11.4. The Morgan fingerprint density at radius 2 is 1.81 bits per heavy atom. The molecule has 106 valence electrons. The first-order chi connectivity index (χ1) is 10.2. The van der Waals surface area contributed by atoms with E-state index in [9.17, 15) is 9.18 Å². The molecule has 1 aromatic heterocycles. The van der Waals surface area contributed by atoms with Crippen molar-refractivity contribution in [1.29, 1.82) is 0 Å². The Morgan fingerprint density at radius 1 is 1.05 bits per heavy atom. The van der Waals surface area contributed by atoms with Crippen LogP contribution in [0.2, 0.25) is 0 Å². The van der Waals surface area contributed by atoms with Crippen LogP contribution in [0.3, 0.4) is 0 Å². The van der Waals surface area contributed by atoms with E-state index in [4.69, 9.17) is 5.73 Å². The van der Waals surface area contributed by atoms with Crippen LogP contribution in [0.1, 0.15) is 5.69 Å². The zero-order valence-electron chi connectivity index (χ0n) is 11.4. The fourth-order valence-corrected chi connectivity index (χ4v) is 2.57. The van der Waals surface area contributed by atoms with Crippen LogP contribution in [-0.2, 0) is 6.42 Å². The number of nitrogens with zero attached hydrogens (tertiary/aromatic N) is 1. The number of halogens is 1. The predicted octanol–water partition coefficient (Wildman–Crippen LogP) is 2.63. The summed E-state index contributed by atoms with van der Waals surface area (Å²) in [6.45, 7) is 0.424. The summed E-state index contributed by atoms with van der Waals surface area (Å²) in [6, 6.07) is 15.7. The molecule has 4 heteroatoms. The van der Waals surface area contributed by atoms with E-state index in [1.54, 1.807) is 12.1 Å². The van der Waals surface area contributed by atoms with Crippen molar-refractivity contribution in [3.63, 3.8) is 0 Å². The van der Waals surface area contributed by atoms with E-state index in [1.807, 2.05) is 36.4 Å². The number of rotatable bonds is 3. The maximum atomic E-state index is 14.0. The molecule has 0 bridgehead atoms. The monoisotopic (exact) mass is 282 g/mol. The maximum absolute atomic E-state index is 14.0. The van der Waals surface area contributed by atoms with Crippen molar-refractivity contribution in [1.82, 2.24) is 4.57 Å². The smallest absolute Gasteiger partial charge is 0.266 e. The Kier molecular flexibility index (Phi) is 3.54. The van der Waals surface area contributed by atoms with Gasteiger partial charge >= 0.3 is 0 Å². The van der Waals surface area contributed by atoms with Crippen LogP contribution < -0.4 is 11.3 Å². The molecule has 0 aliphatic carbocycles. The second kappa shape index (κ2) is 5.50. The highest BCUT2D eigenvalue weighted by Crippen LogP contribution is 2.18. The van der Waals surface area contributed by atoms with Crippen LogP contribution >= 0.6 is 0 Å². The van der Waals surface area contributed by atoms with Crippen LogP contribution in [0.15, 0.2) is 59.4 Å². The molecule has 3 aromatic rings. The standard InChI is InChI=1S/C17H15FN2O/c18-15-8-4-5-12-11-14(9-10-19)20(17(21)16(12)15)13-6-2-1-3-7-13/h1-8,11H,9-10,19H2. The average molecular weight is 282 g/mol. The van der Waals surface area contributed by atoms with Crippen LogP contribution in [0.25, 0.3) is 16.5 Å². The number of aromatic nitrogens is 1. The first kappa shape index (κ1) is 13.5. The Balaban J connectivity index is 2.41. The van der Waals surface area contributed by atoms with Crippen molar-refractivity contribution in [3.8, 4) is 5.69 Å². The number of hydrogen-bond acceptors (Lipinski definition) is 2. The molecule has 3 nitrogen and oxygen atoms in total. The molecule has 2 N–H and O–H groups in total. The lowest BCUT2D eigenvalue weighted by Gasteiger charge is -2.14. The predicted molar refractivity (Wildman–Crippen MR) is 82.3 cm³/mol. The fourth-order valence-electron chi connectivity index (χ4n) is 2.57. The van der Waals surface area contributed by atoms with Gasteiger partial charge < -0.3 is 5.73 Å². The zero-order chi connectivity index (χ0) is 14.8. The molecule has 0 aliphatic rings. The molecule has 0 unspecified atom stereocenters. The minimum atomic E-state index is -0.499. The van der Waals surface area contributed by atoms with Gasteiger partial charge in [-0.3, -0.25) is 9.36 Å². The summed E-state index contributed by atoms with van der Waals surface area (Å²) in [5.41, 5.74) is 6.80. The number of pyridine rings is 1. The van der Waals surface area contributed by atoms with Crippen molar-refractivity contribution >= 4 is 10.8 Å². The van der Waals surface area contributed by atoms with Gasteiger partial charge in [0.25, 0.3) is 5.56 Å². The van der Waals surface area contributed by atoms with Crippen LogP contribution in [0, 0.1) is 5.82 Å². The van der Waals surface area contributed by atoms with Gasteiger partial charge in [-0.15, -0.1) is 0 Å². The Bertz CT molecular complexity index is 841. The van der Waals surface area contributed by atoms with E-state index >= 15 is 0 Å². The van der Waals surface area contributed by atoms with Gasteiger partial charge in [0.05, 0.1) is 5.39 Å². The Morgan fingerprint density at radius 3 is 2.52 bits per heavy atom. The molecule has 0 radical (unpaired) electrons. The van der Waals surface area contributed by atoms with Gasteiger partial charge in [0.15, 0.2) is 0 Å². The molecule has 0 spiro atoms. The highest BCUT2D eigenvalue weighted by molar-refractivity contribution is 5.83. The Labute approximate surface area is 121 Å².